The van der Waals surface area contributed by atoms with Gasteiger partial charge in [0.2, 0.25) is 5.91 Å². The molecule has 4 rings (SSSR count). The zero-order chi connectivity index (χ0) is 25.7. The molecule has 0 saturated carbocycles. The first-order chi connectivity index (χ1) is 17.3. The van der Waals surface area contributed by atoms with Gasteiger partial charge in [0.05, 0.1) is 7.11 Å². The molecule has 1 heterocycles. The van der Waals surface area contributed by atoms with E-state index in [-0.39, 0.29) is 19.5 Å². The second-order valence-corrected chi connectivity index (χ2v) is 10.1. The number of rotatable bonds is 8. The Kier molecular flexibility index (Phi) is 7.56. The fraction of sp³-hybridized carbons (Fsp3) is 0.231. The van der Waals surface area contributed by atoms with Gasteiger partial charge in [0.1, 0.15) is 11.8 Å². The van der Waals surface area contributed by atoms with Crippen LogP contribution in [0.4, 0.5) is 10.5 Å². The summed E-state index contributed by atoms with van der Waals surface area (Å²) in [5.74, 6) is 0.248. The van der Waals surface area contributed by atoms with Gasteiger partial charge < -0.3 is 15.0 Å². The molecule has 9 nitrogen and oxygen atoms in total. The molecule has 0 fully saturated rings. The molecule has 3 amide bonds. The Balaban J connectivity index is 1.48. The maximum absolute atomic E-state index is 13.4. The molecule has 3 aromatic carbocycles. The Labute approximate surface area is 210 Å². The summed E-state index contributed by atoms with van der Waals surface area (Å²) in [5, 5.41) is 2.57. The van der Waals surface area contributed by atoms with Crippen molar-refractivity contribution in [3.05, 3.63) is 95.6 Å². The Morgan fingerprint density at radius 1 is 0.944 bits per heavy atom. The molecular formula is C26H28N4O5S. The fourth-order valence-corrected chi connectivity index (χ4v) is 5.10. The molecule has 1 aliphatic heterocycles. The van der Waals surface area contributed by atoms with Gasteiger partial charge in [-0.25, -0.2) is 9.52 Å². The molecule has 0 unspecified atom stereocenters. The minimum atomic E-state index is -4.12. The molecule has 0 radical (unpaired) electrons. The van der Waals surface area contributed by atoms with Gasteiger partial charge in [-0.1, -0.05) is 54.6 Å². The number of nitrogens with one attached hydrogen (secondary N) is 2. The first kappa shape index (κ1) is 25.2. The third-order valence-corrected chi connectivity index (χ3v) is 7.43. The van der Waals surface area contributed by atoms with Gasteiger partial charge >= 0.3 is 16.2 Å². The molecule has 188 valence electrons. The third kappa shape index (κ3) is 5.84. The Hall–Kier alpha value is -3.89. The van der Waals surface area contributed by atoms with Crippen LogP contribution in [-0.2, 0) is 34.5 Å². The maximum atomic E-state index is 13.4. The summed E-state index contributed by atoms with van der Waals surface area (Å²) in [4.78, 5) is 27.6. The van der Waals surface area contributed by atoms with Crippen LogP contribution in [0.2, 0.25) is 0 Å². The predicted octanol–water partition coefficient (Wildman–Crippen LogP) is 2.83. The first-order valence-corrected chi connectivity index (χ1v) is 12.8. The average molecular weight is 509 g/mol. The second kappa shape index (κ2) is 10.8. The maximum Gasteiger partial charge on any atom is 0.330 e. The van der Waals surface area contributed by atoms with E-state index in [0.29, 0.717) is 11.4 Å². The number of carbonyl (C=O) groups is 2. The van der Waals surface area contributed by atoms with Gasteiger partial charge in [0.25, 0.3) is 0 Å². The van der Waals surface area contributed by atoms with Crippen molar-refractivity contribution in [2.24, 2.45) is 0 Å². The lowest BCUT2D eigenvalue weighted by molar-refractivity contribution is -0.120. The highest BCUT2D eigenvalue weighted by Gasteiger charge is 2.32. The summed E-state index contributed by atoms with van der Waals surface area (Å²) >= 11 is 0. The lowest BCUT2D eigenvalue weighted by Crippen LogP contribution is -2.54. The number of anilines is 1. The van der Waals surface area contributed by atoms with E-state index in [4.69, 9.17) is 4.74 Å². The minimum absolute atomic E-state index is 0.172. The lowest BCUT2D eigenvalue weighted by atomic mass is 10.0. The molecule has 0 bridgehead atoms. The van der Waals surface area contributed by atoms with E-state index in [1.54, 1.807) is 38.4 Å². The summed E-state index contributed by atoms with van der Waals surface area (Å²) in [6.07, 6.45) is 0.183. The molecule has 36 heavy (non-hydrogen) atoms. The smallest absolute Gasteiger partial charge is 0.330 e. The molecule has 0 saturated heterocycles. The number of amides is 3. The molecule has 0 aliphatic carbocycles. The summed E-state index contributed by atoms with van der Waals surface area (Å²) in [6.45, 7) is 0.344. The normalized spacial score (nSPS) is 13.9. The van der Waals surface area contributed by atoms with E-state index in [9.17, 15) is 18.0 Å². The summed E-state index contributed by atoms with van der Waals surface area (Å²) in [5.41, 5.74) is 3.20. The number of carbonyl (C=O) groups excluding carboxylic acids is 2. The van der Waals surface area contributed by atoms with Crippen LogP contribution in [0.5, 0.6) is 5.75 Å². The quantitative estimate of drug-likeness (QED) is 0.487. The van der Waals surface area contributed by atoms with Crippen LogP contribution in [0.3, 0.4) is 0 Å². The molecular weight excluding hydrogens is 480 g/mol. The van der Waals surface area contributed by atoms with Crippen molar-refractivity contribution >= 4 is 27.8 Å². The van der Waals surface area contributed by atoms with E-state index < -0.39 is 28.2 Å². The molecule has 1 atom stereocenters. The van der Waals surface area contributed by atoms with Gasteiger partial charge in [0, 0.05) is 32.2 Å². The molecule has 0 spiro atoms. The Morgan fingerprint density at radius 3 is 2.11 bits per heavy atom. The molecule has 10 heteroatoms. The topological polar surface area (TPSA) is 108 Å². The van der Waals surface area contributed by atoms with Crippen molar-refractivity contribution < 1.29 is 22.7 Å². The molecule has 0 aromatic heterocycles. The largest absolute Gasteiger partial charge is 0.497 e. The van der Waals surface area contributed by atoms with Crippen molar-refractivity contribution in [3.63, 3.8) is 0 Å². The summed E-state index contributed by atoms with van der Waals surface area (Å²) < 4.78 is 34.2. The highest BCUT2D eigenvalue weighted by atomic mass is 32.2. The van der Waals surface area contributed by atoms with Crippen molar-refractivity contribution in [2.45, 2.75) is 25.6 Å². The number of urea groups is 1. The standard InChI is InChI=1S/C26H28N4O5S/c1-29(22-12-14-23(35-2)15-13-22)25(31)24(16-19-8-4-3-5-9-19)27-26(32)28-36(33,34)30-17-20-10-6-7-11-21(20)18-30/h3-15,24H,16-18H2,1-2H3,(H2,27,28,32)/t24-/m0/s1. The molecule has 3 aromatic rings. The van der Waals surface area contributed by atoms with Crippen molar-refractivity contribution in [2.75, 3.05) is 19.1 Å². The monoisotopic (exact) mass is 508 g/mol. The number of benzene rings is 3. The zero-order valence-electron chi connectivity index (χ0n) is 20.0. The van der Waals surface area contributed by atoms with Crippen LogP contribution in [0, 0.1) is 0 Å². The van der Waals surface area contributed by atoms with E-state index in [1.165, 1.54) is 9.21 Å². The summed E-state index contributed by atoms with van der Waals surface area (Å²) in [7, 11) is -0.969. The Bertz CT molecular complexity index is 1300. The fourth-order valence-electron chi connectivity index (χ4n) is 4.06. The number of hydrogen-bond acceptors (Lipinski definition) is 5. The highest BCUT2D eigenvalue weighted by Crippen LogP contribution is 2.24. The number of fused-ring (bicyclic) bond motifs is 1. The number of likely N-dealkylation sites (N-methyl/N-ethyl adjacent to an activating group) is 1. The molecule has 1 aliphatic rings. The predicted molar refractivity (Wildman–Crippen MR) is 137 cm³/mol. The number of methoxy groups -OCH3 is 1. The van der Waals surface area contributed by atoms with Crippen LogP contribution in [0.25, 0.3) is 0 Å². The van der Waals surface area contributed by atoms with Gasteiger partial charge in [-0.15, -0.1) is 0 Å². The van der Waals surface area contributed by atoms with Crippen LogP contribution < -0.4 is 19.7 Å². The van der Waals surface area contributed by atoms with Gasteiger partial charge in [-0.3, -0.25) is 4.79 Å². The van der Waals surface area contributed by atoms with E-state index in [1.807, 2.05) is 54.6 Å². The Morgan fingerprint density at radius 2 is 1.53 bits per heavy atom. The van der Waals surface area contributed by atoms with E-state index in [2.05, 4.69) is 10.0 Å². The number of hydrogen-bond donors (Lipinski definition) is 2. The minimum Gasteiger partial charge on any atom is -0.497 e. The van der Waals surface area contributed by atoms with Gasteiger partial charge in [-0.2, -0.15) is 12.7 Å². The van der Waals surface area contributed by atoms with Crippen molar-refractivity contribution in [1.82, 2.24) is 14.3 Å². The number of nitrogens with zero attached hydrogens (tertiary/aromatic N) is 2. The van der Waals surface area contributed by atoms with Crippen molar-refractivity contribution in [1.29, 1.82) is 0 Å². The number of ether oxygens (including phenoxy) is 1. The van der Waals surface area contributed by atoms with Crippen molar-refractivity contribution in [3.8, 4) is 5.75 Å². The lowest BCUT2D eigenvalue weighted by Gasteiger charge is -2.25. The van der Waals surface area contributed by atoms with Gasteiger partial charge in [-0.05, 0) is 41.0 Å². The van der Waals surface area contributed by atoms with Crippen LogP contribution in [0.15, 0.2) is 78.9 Å². The van der Waals surface area contributed by atoms with E-state index in [0.717, 1.165) is 16.7 Å². The van der Waals surface area contributed by atoms with Gasteiger partial charge in [0.15, 0.2) is 0 Å². The molecule has 2 N–H and O–H groups in total. The SMILES string of the molecule is COc1ccc(N(C)C(=O)[C@H](Cc2ccccc2)NC(=O)NS(=O)(=O)N2Cc3ccccc3C2)cc1. The third-order valence-electron chi connectivity index (χ3n) is 6.05. The van der Waals surface area contributed by atoms with E-state index >= 15 is 0 Å². The van der Waals surface area contributed by atoms with Crippen LogP contribution >= 0.6 is 0 Å². The average Bonchev–Trinajstić information content (AvgIpc) is 3.33. The second-order valence-electron chi connectivity index (χ2n) is 8.45. The van der Waals surface area contributed by atoms with Crippen LogP contribution in [0.1, 0.15) is 16.7 Å². The zero-order valence-corrected chi connectivity index (χ0v) is 20.9. The highest BCUT2D eigenvalue weighted by molar-refractivity contribution is 7.87. The van der Waals surface area contributed by atoms with Crippen LogP contribution in [-0.4, -0.2) is 44.9 Å². The summed E-state index contributed by atoms with van der Waals surface area (Å²) in [6, 6.07) is 21.5. The first-order valence-electron chi connectivity index (χ1n) is 11.4.